The molecule has 12 heteroatoms. The molecule has 0 aliphatic rings. The van der Waals surface area contributed by atoms with Crippen LogP contribution in [-0.2, 0) is 6.54 Å². The number of nitrogens with zero attached hydrogens (tertiary/aromatic N) is 7. The van der Waals surface area contributed by atoms with E-state index in [0.29, 0.717) is 5.56 Å². The molecule has 0 N–H and O–H groups in total. The Balaban J connectivity index is 1.51. The maximum atomic E-state index is 12.5. The van der Waals surface area contributed by atoms with E-state index in [1.165, 1.54) is 10.9 Å². The van der Waals surface area contributed by atoms with Gasteiger partial charge in [-0.2, -0.15) is 13.6 Å². The zero-order valence-electron chi connectivity index (χ0n) is 14.5. The Morgan fingerprint density at radius 2 is 1.83 bits per heavy atom. The van der Waals surface area contributed by atoms with Gasteiger partial charge in [0.05, 0.1) is 11.5 Å². The number of para-hydroxylation sites is 1. The van der Waals surface area contributed by atoms with Crippen molar-refractivity contribution in [1.29, 1.82) is 0 Å². The van der Waals surface area contributed by atoms with Gasteiger partial charge in [0.25, 0.3) is 11.6 Å². The fourth-order valence-electron chi connectivity index (χ4n) is 2.60. The van der Waals surface area contributed by atoms with E-state index < -0.39 is 17.2 Å². The van der Waals surface area contributed by atoms with E-state index in [1.54, 1.807) is 42.5 Å². The molecule has 0 spiro atoms. The van der Waals surface area contributed by atoms with Crippen LogP contribution in [0.15, 0.2) is 52.9 Å². The van der Waals surface area contributed by atoms with E-state index in [4.69, 9.17) is 4.42 Å². The summed E-state index contributed by atoms with van der Waals surface area (Å²) in [5, 5.41) is 30.0. The molecular weight excluding hydrogens is 388 g/mol. The van der Waals surface area contributed by atoms with Crippen molar-refractivity contribution in [1.82, 2.24) is 30.4 Å². The average molecular weight is 399 g/mol. The predicted molar refractivity (Wildman–Crippen MR) is 93.7 cm³/mol. The van der Waals surface area contributed by atoms with Gasteiger partial charge in [-0.15, -0.1) is 20.4 Å². The van der Waals surface area contributed by atoms with Gasteiger partial charge in [0.2, 0.25) is 11.7 Å². The summed E-state index contributed by atoms with van der Waals surface area (Å²) >= 11 is 0. The Morgan fingerprint density at radius 1 is 1.07 bits per heavy atom. The summed E-state index contributed by atoms with van der Waals surface area (Å²) in [6, 6.07) is 12.8. The van der Waals surface area contributed by atoms with Crippen LogP contribution in [0.1, 0.15) is 17.9 Å². The normalized spacial score (nSPS) is 11.1. The molecule has 0 amide bonds. The maximum absolute atomic E-state index is 12.5. The Morgan fingerprint density at radius 3 is 2.52 bits per heavy atom. The summed E-state index contributed by atoms with van der Waals surface area (Å²) in [7, 11) is 0. The molecule has 0 atom stereocenters. The van der Waals surface area contributed by atoms with Crippen molar-refractivity contribution in [2.75, 3.05) is 0 Å². The molecule has 0 fully saturated rings. The van der Waals surface area contributed by atoms with Crippen LogP contribution in [0.25, 0.3) is 22.8 Å². The number of alkyl halides is 2. The first kappa shape index (κ1) is 18.3. The van der Waals surface area contributed by atoms with Crippen LogP contribution in [0, 0.1) is 10.1 Å². The Kier molecular flexibility index (Phi) is 4.73. The molecule has 2 heterocycles. The van der Waals surface area contributed by atoms with Gasteiger partial charge in [-0.05, 0) is 29.0 Å². The van der Waals surface area contributed by atoms with Crippen LogP contribution in [0.3, 0.4) is 0 Å². The highest BCUT2D eigenvalue weighted by Gasteiger charge is 2.19. The molecule has 4 rings (SSSR count). The Hall–Kier alpha value is -4.09. The van der Waals surface area contributed by atoms with Gasteiger partial charge in [0.15, 0.2) is 0 Å². The van der Waals surface area contributed by atoms with Gasteiger partial charge in [-0.1, -0.05) is 24.3 Å². The molecule has 2 aromatic carbocycles. The van der Waals surface area contributed by atoms with E-state index in [-0.39, 0.29) is 29.5 Å². The SMILES string of the molecule is O=[N+]([O-])c1ccccc1-c1nnn(Cc2ccc(-c3nnc(C(F)F)o3)cc2)n1. The fourth-order valence-corrected chi connectivity index (χ4v) is 2.60. The van der Waals surface area contributed by atoms with E-state index in [0.717, 1.165) is 5.56 Å². The topological polar surface area (TPSA) is 126 Å². The van der Waals surface area contributed by atoms with Crippen LogP contribution in [0.5, 0.6) is 0 Å². The van der Waals surface area contributed by atoms with Gasteiger partial charge in [-0.25, -0.2) is 0 Å². The molecule has 0 radical (unpaired) electrons. The highest BCUT2D eigenvalue weighted by molar-refractivity contribution is 5.67. The lowest BCUT2D eigenvalue weighted by atomic mass is 10.1. The maximum Gasteiger partial charge on any atom is 0.314 e. The monoisotopic (exact) mass is 399 g/mol. The molecule has 10 nitrogen and oxygen atoms in total. The Bertz CT molecular complexity index is 1160. The standard InChI is InChI=1S/C17H11F2N7O3/c18-14(19)17-22-21-16(29-17)11-7-5-10(6-8-11)9-25-23-15(20-24-25)12-3-1-2-4-13(12)26(27)28/h1-8,14H,9H2. The molecule has 0 bridgehead atoms. The second-order valence-electron chi connectivity index (χ2n) is 5.86. The van der Waals surface area contributed by atoms with Gasteiger partial charge < -0.3 is 4.42 Å². The number of rotatable bonds is 6. The minimum Gasteiger partial charge on any atom is -0.415 e. The molecule has 4 aromatic rings. The molecule has 0 unspecified atom stereocenters. The van der Waals surface area contributed by atoms with Gasteiger partial charge in [0, 0.05) is 11.6 Å². The number of halogens is 2. The molecule has 0 saturated heterocycles. The lowest BCUT2D eigenvalue weighted by Gasteiger charge is -2.01. The lowest BCUT2D eigenvalue weighted by molar-refractivity contribution is -0.384. The first-order chi connectivity index (χ1) is 14.0. The molecule has 0 aliphatic heterocycles. The molecule has 0 aliphatic carbocycles. The number of nitro benzene ring substituents is 1. The molecule has 29 heavy (non-hydrogen) atoms. The van der Waals surface area contributed by atoms with Crippen molar-refractivity contribution in [3.8, 4) is 22.8 Å². The van der Waals surface area contributed by atoms with E-state index in [2.05, 4.69) is 25.6 Å². The van der Waals surface area contributed by atoms with Gasteiger partial charge >= 0.3 is 6.43 Å². The van der Waals surface area contributed by atoms with Crippen LogP contribution in [-0.4, -0.2) is 35.3 Å². The van der Waals surface area contributed by atoms with E-state index in [1.807, 2.05) is 0 Å². The summed E-state index contributed by atoms with van der Waals surface area (Å²) in [6.07, 6.45) is -2.83. The van der Waals surface area contributed by atoms with Crippen molar-refractivity contribution >= 4 is 5.69 Å². The van der Waals surface area contributed by atoms with E-state index >= 15 is 0 Å². The first-order valence-corrected chi connectivity index (χ1v) is 8.24. The number of hydrogen-bond donors (Lipinski definition) is 0. The quantitative estimate of drug-likeness (QED) is 0.357. The zero-order valence-corrected chi connectivity index (χ0v) is 14.5. The number of aromatic nitrogens is 6. The summed E-state index contributed by atoms with van der Waals surface area (Å²) in [5.74, 6) is -0.609. The van der Waals surface area contributed by atoms with Crippen LogP contribution < -0.4 is 0 Å². The van der Waals surface area contributed by atoms with Crippen molar-refractivity contribution < 1.29 is 18.1 Å². The summed E-state index contributed by atoms with van der Waals surface area (Å²) in [6.45, 7) is 0.250. The smallest absolute Gasteiger partial charge is 0.314 e. The lowest BCUT2D eigenvalue weighted by Crippen LogP contribution is -2.04. The highest BCUT2D eigenvalue weighted by Crippen LogP contribution is 2.26. The van der Waals surface area contributed by atoms with Crippen LogP contribution in [0.2, 0.25) is 0 Å². The van der Waals surface area contributed by atoms with Crippen molar-refractivity contribution in [3.63, 3.8) is 0 Å². The van der Waals surface area contributed by atoms with Gasteiger partial charge in [-0.3, -0.25) is 10.1 Å². The van der Waals surface area contributed by atoms with Crippen LogP contribution >= 0.6 is 0 Å². The fraction of sp³-hybridized carbons (Fsp3) is 0.118. The predicted octanol–water partition coefficient (Wildman–Crippen LogP) is 3.28. The molecule has 2 aromatic heterocycles. The second kappa shape index (κ2) is 7.50. The highest BCUT2D eigenvalue weighted by atomic mass is 19.3. The Labute approximate surface area is 161 Å². The third kappa shape index (κ3) is 3.81. The summed E-state index contributed by atoms with van der Waals surface area (Å²) in [5.41, 5.74) is 1.43. The van der Waals surface area contributed by atoms with Crippen LogP contribution in [0.4, 0.5) is 14.5 Å². The molecule has 146 valence electrons. The van der Waals surface area contributed by atoms with Crippen molar-refractivity contribution in [2.24, 2.45) is 0 Å². The minimum absolute atomic E-state index is 0.00981. The average Bonchev–Trinajstić information content (AvgIpc) is 3.38. The van der Waals surface area contributed by atoms with Gasteiger partial charge in [0.1, 0.15) is 5.56 Å². The summed E-state index contributed by atoms with van der Waals surface area (Å²) in [4.78, 5) is 11.9. The third-order valence-corrected chi connectivity index (χ3v) is 3.95. The zero-order chi connectivity index (χ0) is 20.4. The second-order valence-corrected chi connectivity index (χ2v) is 5.86. The number of tetrazole rings is 1. The third-order valence-electron chi connectivity index (χ3n) is 3.95. The summed E-state index contributed by atoms with van der Waals surface area (Å²) < 4.78 is 30.0. The molecular formula is C17H11F2N7O3. The number of benzene rings is 2. The van der Waals surface area contributed by atoms with Crippen molar-refractivity contribution in [3.05, 3.63) is 70.1 Å². The minimum atomic E-state index is -2.83. The van der Waals surface area contributed by atoms with Crippen molar-refractivity contribution in [2.45, 2.75) is 13.0 Å². The largest absolute Gasteiger partial charge is 0.415 e. The van der Waals surface area contributed by atoms with E-state index in [9.17, 15) is 18.9 Å². The first-order valence-electron chi connectivity index (χ1n) is 8.24. The number of hydrogen-bond acceptors (Lipinski definition) is 8. The molecule has 0 saturated carbocycles. The number of nitro groups is 1.